The van der Waals surface area contributed by atoms with Crippen molar-refractivity contribution in [3.05, 3.63) is 35.9 Å². The first-order valence-electron chi connectivity index (χ1n) is 6.84. The molecule has 2 unspecified atom stereocenters. The molecule has 0 bridgehead atoms. The molecule has 1 saturated carbocycles. The molecule has 2 rings (SSSR count). The van der Waals surface area contributed by atoms with Crippen molar-refractivity contribution in [1.82, 2.24) is 5.32 Å². The fourth-order valence-corrected chi connectivity index (χ4v) is 2.58. The van der Waals surface area contributed by atoms with Gasteiger partial charge in [0.1, 0.15) is 0 Å². The molecule has 0 aliphatic heterocycles. The van der Waals surface area contributed by atoms with Crippen LogP contribution in [0, 0.1) is 5.92 Å². The van der Waals surface area contributed by atoms with Crippen LogP contribution in [0.4, 0.5) is 0 Å². The predicted molar refractivity (Wildman–Crippen MR) is 76.3 cm³/mol. The van der Waals surface area contributed by atoms with Gasteiger partial charge in [-0.1, -0.05) is 50.1 Å². The van der Waals surface area contributed by atoms with Crippen LogP contribution in [-0.2, 0) is 6.54 Å². The first-order valence-corrected chi connectivity index (χ1v) is 6.84. The highest BCUT2D eigenvalue weighted by atomic mass is 15.1. The highest BCUT2D eigenvalue weighted by molar-refractivity contribution is 5.78. The lowest BCUT2D eigenvalue weighted by Gasteiger charge is -2.27. The maximum Gasteiger partial charge on any atom is 0.189 e. The molecule has 98 valence electrons. The maximum absolute atomic E-state index is 5.94. The lowest BCUT2D eigenvalue weighted by atomic mass is 9.87. The minimum atomic E-state index is 0.508. The van der Waals surface area contributed by atoms with Crippen LogP contribution in [0.3, 0.4) is 0 Å². The SMILES string of the molecule is CC1CCCC(NC(N)=NCc2ccccc2)C1. The molecule has 3 nitrogen and oxygen atoms in total. The van der Waals surface area contributed by atoms with Gasteiger partial charge >= 0.3 is 0 Å². The Morgan fingerprint density at radius 1 is 1.33 bits per heavy atom. The van der Waals surface area contributed by atoms with Gasteiger partial charge in [-0.15, -0.1) is 0 Å². The van der Waals surface area contributed by atoms with Crippen LogP contribution >= 0.6 is 0 Å². The van der Waals surface area contributed by atoms with Crippen LogP contribution < -0.4 is 11.1 Å². The number of hydrogen-bond acceptors (Lipinski definition) is 1. The zero-order valence-electron chi connectivity index (χ0n) is 11.1. The summed E-state index contributed by atoms with van der Waals surface area (Å²) in [4.78, 5) is 4.40. The molecular formula is C15H23N3. The fraction of sp³-hybridized carbons (Fsp3) is 0.533. The molecular weight excluding hydrogens is 222 g/mol. The summed E-state index contributed by atoms with van der Waals surface area (Å²) in [6.07, 6.45) is 5.07. The molecule has 3 N–H and O–H groups in total. The molecule has 0 heterocycles. The van der Waals surface area contributed by atoms with E-state index in [0.717, 1.165) is 5.92 Å². The monoisotopic (exact) mass is 245 g/mol. The highest BCUT2D eigenvalue weighted by Crippen LogP contribution is 2.23. The molecule has 0 aromatic heterocycles. The molecule has 1 aliphatic carbocycles. The smallest absolute Gasteiger partial charge is 0.189 e. The van der Waals surface area contributed by atoms with Crippen molar-refractivity contribution in [3.63, 3.8) is 0 Å². The lowest BCUT2D eigenvalue weighted by molar-refractivity contribution is 0.325. The number of nitrogens with one attached hydrogen (secondary N) is 1. The van der Waals surface area contributed by atoms with Crippen molar-refractivity contribution in [2.24, 2.45) is 16.6 Å². The maximum atomic E-state index is 5.94. The summed E-state index contributed by atoms with van der Waals surface area (Å²) in [7, 11) is 0. The Morgan fingerprint density at radius 2 is 2.11 bits per heavy atom. The minimum Gasteiger partial charge on any atom is -0.370 e. The van der Waals surface area contributed by atoms with Crippen LogP contribution in [0.25, 0.3) is 0 Å². The third-order valence-corrected chi connectivity index (χ3v) is 3.56. The van der Waals surface area contributed by atoms with E-state index < -0.39 is 0 Å². The lowest BCUT2D eigenvalue weighted by Crippen LogP contribution is -2.42. The van der Waals surface area contributed by atoms with Crippen molar-refractivity contribution in [1.29, 1.82) is 0 Å². The summed E-state index contributed by atoms with van der Waals surface area (Å²) in [5.74, 6) is 1.39. The van der Waals surface area contributed by atoms with Crippen LogP contribution in [-0.4, -0.2) is 12.0 Å². The van der Waals surface area contributed by atoms with Gasteiger partial charge in [-0.2, -0.15) is 0 Å². The molecule has 18 heavy (non-hydrogen) atoms. The summed E-state index contributed by atoms with van der Waals surface area (Å²) in [5.41, 5.74) is 7.13. The fourth-order valence-electron chi connectivity index (χ4n) is 2.58. The van der Waals surface area contributed by atoms with E-state index in [9.17, 15) is 0 Å². The van der Waals surface area contributed by atoms with Crippen molar-refractivity contribution in [3.8, 4) is 0 Å². The van der Waals surface area contributed by atoms with E-state index in [-0.39, 0.29) is 0 Å². The summed E-state index contributed by atoms with van der Waals surface area (Å²) in [6, 6.07) is 10.7. The summed E-state index contributed by atoms with van der Waals surface area (Å²) >= 11 is 0. The minimum absolute atomic E-state index is 0.508. The second-order valence-corrected chi connectivity index (χ2v) is 5.30. The van der Waals surface area contributed by atoms with Gasteiger partial charge < -0.3 is 11.1 Å². The quantitative estimate of drug-likeness (QED) is 0.635. The van der Waals surface area contributed by atoms with Gasteiger partial charge in [0.15, 0.2) is 5.96 Å². The Morgan fingerprint density at radius 3 is 2.83 bits per heavy atom. The van der Waals surface area contributed by atoms with Crippen LogP contribution in [0.15, 0.2) is 35.3 Å². The summed E-state index contributed by atoms with van der Waals surface area (Å²) in [5, 5.41) is 3.35. The van der Waals surface area contributed by atoms with Crippen molar-refractivity contribution < 1.29 is 0 Å². The zero-order valence-corrected chi connectivity index (χ0v) is 11.1. The molecule has 0 amide bonds. The van der Waals surface area contributed by atoms with Gasteiger partial charge in [0, 0.05) is 6.04 Å². The Labute approximate surface area is 109 Å². The topological polar surface area (TPSA) is 50.4 Å². The van der Waals surface area contributed by atoms with E-state index in [2.05, 4.69) is 29.4 Å². The standard InChI is InChI=1S/C15H23N3/c1-12-6-5-9-14(10-12)18-15(16)17-11-13-7-3-2-4-8-13/h2-4,7-8,12,14H,5-6,9-11H2,1H3,(H3,16,17,18). The van der Waals surface area contributed by atoms with Gasteiger partial charge in [-0.3, -0.25) is 0 Å². The van der Waals surface area contributed by atoms with Crippen LogP contribution in [0.1, 0.15) is 38.2 Å². The second kappa shape index (κ2) is 6.43. The van der Waals surface area contributed by atoms with Crippen LogP contribution in [0.5, 0.6) is 0 Å². The van der Waals surface area contributed by atoms with Crippen LogP contribution in [0.2, 0.25) is 0 Å². The number of guanidine groups is 1. The van der Waals surface area contributed by atoms with Gasteiger partial charge in [0.2, 0.25) is 0 Å². The average Bonchev–Trinajstić information content (AvgIpc) is 2.38. The Kier molecular flexibility index (Phi) is 4.62. The molecule has 2 atom stereocenters. The van der Waals surface area contributed by atoms with Crippen molar-refractivity contribution in [2.45, 2.75) is 45.2 Å². The van der Waals surface area contributed by atoms with Gasteiger partial charge in [0.05, 0.1) is 6.54 Å². The highest BCUT2D eigenvalue weighted by Gasteiger charge is 2.18. The molecule has 3 heteroatoms. The first-order chi connectivity index (χ1) is 8.74. The summed E-state index contributed by atoms with van der Waals surface area (Å²) in [6.45, 7) is 2.97. The van der Waals surface area contributed by atoms with Gasteiger partial charge in [-0.25, -0.2) is 4.99 Å². The van der Waals surface area contributed by atoms with E-state index in [1.165, 1.54) is 31.2 Å². The summed E-state index contributed by atoms with van der Waals surface area (Å²) < 4.78 is 0. The van der Waals surface area contributed by atoms with E-state index in [1.807, 2.05) is 18.2 Å². The molecule has 1 aliphatic rings. The Bertz CT molecular complexity index is 386. The zero-order chi connectivity index (χ0) is 12.8. The molecule has 0 spiro atoms. The normalized spacial score (nSPS) is 24.8. The van der Waals surface area contributed by atoms with Crippen molar-refractivity contribution >= 4 is 5.96 Å². The number of nitrogens with two attached hydrogens (primary N) is 1. The second-order valence-electron chi connectivity index (χ2n) is 5.30. The molecule has 1 aromatic rings. The number of nitrogens with zero attached hydrogens (tertiary/aromatic N) is 1. The predicted octanol–water partition coefficient (Wildman–Crippen LogP) is 2.67. The van der Waals surface area contributed by atoms with E-state index >= 15 is 0 Å². The third kappa shape index (κ3) is 4.06. The van der Waals surface area contributed by atoms with E-state index in [4.69, 9.17) is 5.73 Å². The number of aliphatic imine (C=N–C) groups is 1. The Hall–Kier alpha value is -1.51. The number of hydrogen-bond donors (Lipinski definition) is 2. The van der Waals surface area contributed by atoms with Crippen molar-refractivity contribution in [2.75, 3.05) is 0 Å². The largest absolute Gasteiger partial charge is 0.370 e. The number of benzene rings is 1. The average molecular weight is 245 g/mol. The van der Waals surface area contributed by atoms with E-state index in [1.54, 1.807) is 0 Å². The molecule has 0 saturated heterocycles. The molecule has 0 radical (unpaired) electrons. The first kappa shape index (κ1) is 12.9. The molecule has 1 aromatic carbocycles. The third-order valence-electron chi connectivity index (χ3n) is 3.56. The number of rotatable bonds is 3. The molecule has 1 fully saturated rings. The Balaban J connectivity index is 1.82. The van der Waals surface area contributed by atoms with Gasteiger partial charge in [-0.05, 0) is 24.3 Å². The van der Waals surface area contributed by atoms with E-state index in [0.29, 0.717) is 18.5 Å². The van der Waals surface area contributed by atoms with Gasteiger partial charge in [0.25, 0.3) is 0 Å².